The monoisotopic (exact) mass is 333 g/mol. The van der Waals surface area contributed by atoms with Crippen LogP contribution >= 0.6 is 11.8 Å². The molecule has 1 aromatic carbocycles. The Labute approximate surface area is 126 Å². The molecule has 0 unspecified atom stereocenters. The Morgan fingerprint density at radius 1 is 1.29 bits per heavy atom. The molecule has 114 valence electrons. The van der Waals surface area contributed by atoms with Crippen molar-refractivity contribution in [1.82, 2.24) is 4.31 Å². The number of sulfonamides is 1. The number of aliphatic hydroxyl groups excluding tert-OH is 1. The third-order valence-corrected chi connectivity index (χ3v) is 5.80. The van der Waals surface area contributed by atoms with E-state index >= 15 is 0 Å². The summed E-state index contributed by atoms with van der Waals surface area (Å²) in [6.45, 7) is 0.0192. The summed E-state index contributed by atoms with van der Waals surface area (Å²) >= 11 is 1.61. The van der Waals surface area contributed by atoms with Gasteiger partial charge >= 0.3 is 0 Å². The summed E-state index contributed by atoms with van der Waals surface area (Å²) < 4.78 is 53.5. The van der Waals surface area contributed by atoms with Crippen molar-refractivity contribution < 1.29 is 22.3 Å². The number of halogens is 2. The summed E-state index contributed by atoms with van der Waals surface area (Å²) in [5.74, 6) is 3.68. The van der Waals surface area contributed by atoms with Gasteiger partial charge in [-0.05, 0) is 6.07 Å². The first-order valence-corrected chi connectivity index (χ1v) is 8.73. The van der Waals surface area contributed by atoms with E-state index in [2.05, 4.69) is 11.8 Å². The van der Waals surface area contributed by atoms with Crippen molar-refractivity contribution in [1.29, 1.82) is 0 Å². The smallest absolute Gasteiger partial charge is 0.247 e. The van der Waals surface area contributed by atoms with E-state index in [1.165, 1.54) is 4.31 Å². The van der Waals surface area contributed by atoms with Gasteiger partial charge < -0.3 is 5.11 Å². The number of nitrogens with zero attached hydrogens (tertiary/aromatic N) is 1. The third-order valence-electron chi connectivity index (χ3n) is 2.88. The van der Waals surface area contributed by atoms with E-state index < -0.39 is 33.2 Å². The Morgan fingerprint density at radius 2 is 1.95 bits per heavy atom. The maximum Gasteiger partial charge on any atom is 0.247 e. The maximum atomic E-state index is 14.0. The van der Waals surface area contributed by atoms with Crippen molar-refractivity contribution in [3.05, 3.63) is 29.3 Å². The number of benzene rings is 1. The van der Waals surface area contributed by atoms with Gasteiger partial charge in [-0.2, -0.15) is 16.1 Å². The number of thioether (sulfide) groups is 1. The Morgan fingerprint density at radius 3 is 2.57 bits per heavy atom. The number of aliphatic hydroxyl groups is 1. The van der Waals surface area contributed by atoms with E-state index in [0.29, 0.717) is 17.6 Å². The van der Waals surface area contributed by atoms with Gasteiger partial charge in [0.25, 0.3) is 0 Å². The zero-order valence-corrected chi connectivity index (χ0v) is 12.6. The minimum absolute atomic E-state index is 0.274. The highest BCUT2D eigenvalue weighted by molar-refractivity contribution is 7.99. The second-order valence-electron chi connectivity index (χ2n) is 4.24. The van der Waals surface area contributed by atoms with Gasteiger partial charge in [-0.3, -0.25) is 0 Å². The van der Waals surface area contributed by atoms with Crippen molar-refractivity contribution in [2.24, 2.45) is 0 Å². The van der Waals surface area contributed by atoms with Crippen molar-refractivity contribution in [3.8, 4) is 11.8 Å². The molecule has 1 aromatic rings. The molecule has 1 aliphatic heterocycles. The highest BCUT2D eigenvalue weighted by Crippen LogP contribution is 2.26. The van der Waals surface area contributed by atoms with Crippen LogP contribution in [0.2, 0.25) is 0 Å². The Hall–Kier alpha value is -1.14. The summed E-state index contributed by atoms with van der Waals surface area (Å²) in [6, 6.07) is 1.38. The molecule has 0 spiro atoms. The zero-order valence-electron chi connectivity index (χ0n) is 11.0. The average molecular weight is 333 g/mol. The maximum absolute atomic E-state index is 14.0. The number of hydrogen-bond acceptors (Lipinski definition) is 4. The summed E-state index contributed by atoms with van der Waals surface area (Å²) in [5.41, 5.74) is -0.278. The fourth-order valence-electron chi connectivity index (χ4n) is 1.97. The van der Waals surface area contributed by atoms with Gasteiger partial charge in [-0.25, -0.2) is 17.2 Å². The van der Waals surface area contributed by atoms with E-state index in [1.54, 1.807) is 11.8 Å². The van der Waals surface area contributed by atoms with Crippen LogP contribution in [0.1, 0.15) is 5.56 Å². The minimum atomic E-state index is -4.08. The second-order valence-corrected chi connectivity index (χ2v) is 7.34. The van der Waals surface area contributed by atoms with Crippen molar-refractivity contribution in [2.75, 3.05) is 31.2 Å². The molecule has 1 heterocycles. The summed E-state index contributed by atoms with van der Waals surface area (Å²) in [4.78, 5) is -0.628. The van der Waals surface area contributed by atoms with Crippen LogP contribution in [0.3, 0.4) is 0 Å². The largest absolute Gasteiger partial charge is 0.384 e. The van der Waals surface area contributed by atoms with Crippen LogP contribution < -0.4 is 0 Å². The highest BCUT2D eigenvalue weighted by atomic mass is 32.2. The molecule has 0 saturated carbocycles. The van der Waals surface area contributed by atoms with Gasteiger partial charge in [-0.1, -0.05) is 11.8 Å². The first-order valence-electron chi connectivity index (χ1n) is 6.13. The lowest BCUT2D eigenvalue weighted by molar-refractivity contribution is 0.350. The molecule has 1 fully saturated rings. The van der Waals surface area contributed by atoms with Crippen molar-refractivity contribution in [2.45, 2.75) is 4.90 Å². The lowest BCUT2D eigenvalue weighted by Crippen LogP contribution is -2.38. The fraction of sp³-hybridized carbons (Fsp3) is 0.385. The van der Waals surface area contributed by atoms with Gasteiger partial charge in [0.05, 0.1) is 5.56 Å². The van der Waals surface area contributed by atoms with Gasteiger partial charge in [0, 0.05) is 30.7 Å². The molecule has 1 aliphatic rings. The Kier molecular flexibility index (Phi) is 5.22. The molecule has 0 aliphatic carbocycles. The lowest BCUT2D eigenvalue weighted by atomic mass is 10.2. The van der Waals surface area contributed by atoms with E-state index in [1.807, 2.05) is 0 Å². The molecule has 0 amide bonds. The van der Waals surface area contributed by atoms with Crippen LogP contribution in [-0.4, -0.2) is 49.0 Å². The van der Waals surface area contributed by atoms with Crippen LogP contribution in [0.4, 0.5) is 8.78 Å². The molecule has 21 heavy (non-hydrogen) atoms. The van der Waals surface area contributed by atoms with Gasteiger partial charge in [0.2, 0.25) is 10.0 Å². The molecule has 0 bridgehead atoms. The van der Waals surface area contributed by atoms with E-state index in [4.69, 9.17) is 5.11 Å². The third kappa shape index (κ3) is 3.55. The number of rotatable bonds is 2. The second kappa shape index (κ2) is 6.75. The average Bonchev–Trinajstić information content (AvgIpc) is 2.45. The quantitative estimate of drug-likeness (QED) is 0.822. The lowest BCUT2D eigenvalue weighted by Gasteiger charge is -2.26. The van der Waals surface area contributed by atoms with Gasteiger partial charge in [0.1, 0.15) is 23.1 Å². The zero-order chi connectivity index (χ0) is 15.5. The topological polar surface area (TPSA) is 57.6 Å². The Balaban J connectivity index is 2.55. The molecule has 4 nitrogen and oxygen atoms in total. The molecule has 8 heteroatoms. The van der Waals surface area contributed by atoms with Crippen LogP contribution in [0, 0.1) is 23.5 Å². The van der Waals surface area contributed by atoms with Gasteiger partial charge in [-0.15, -0.1) is 0 Å². The highest BCUT2D eigenvalue weighted by Gasteiger charge is 2.31. The van der Waals surface area contributed by atoms with E-state index in [-0.39, 0.29) is 18.7 Å². The first kappa shape index (κ1) is 16.2. The molecule has 0 radical (unpaired) electrons. The minimum Gasteiger partial charge on any atom is -0.384 e. The molecule has 1 saturated heterocycles. The molecule has 1 N–H and O–H groups in total. The van der Waals surface area contributed by atoms with Gasteiger partial charge in [0.15, 0.2) is 0 Å². The summed E-state index contributed by atoms with van der Waals surface area (Å²) in [7, 11) is -4.08. The number of hydrogen-bond donors (Lipinski definition) is 1. The van der Waals surface area contributed by atoms with Crippen molar-refractivity contribution in [3.63, 3.8) is 0 Å². The Bertz CT molecular complexity index is 689. The molecular formula is C13H13F2NO3S2. The van der Waals surface area contributed by atoms with E-state index in [9.17, 15) is 17.2 Å². The fourth-order valence-corrected chi connectivity index (χ4v) is 4.72. The van der Waals surface area contributed by atoms with E-state index in [0.717, 1.165) is 6.07 Å². The molecular weight excluding hydrogens is 320 g/mol. The standard InChI is InChI=1S/C13H13F2NO3S2/c14-11-8-10(2-1-5-17)13(12(15)9-11)21(18,19)16-3-6-20-7-4-16/h8-9,17H,3-7H2. The van der Waals surface area contributed by atoms with Crippen molar-refractivity contribution >= 4 is 21.8 Å². The normalized spacial score (nSPS) is 16.3. The summed E-state index contributed by atoms with van der Waals surface area (Å²) in [6.07, 6.45) is 0. The van der Waals surface area contributed by atoms with Crippen LogP contribution in [-0.2, 0) is 10.0 Å². The first-order chi connectivity index (χ1) is 9.96. The molecule has 0 aromatic heterocycles. The van der Waals surface area contributed by atoms with Crippen LogP contribution in [0.15, 0.2) is 17.0 Å². The van der Waals surface area contributed by atoms with Crippen LogP contribution in [0.25, 0.3) is 0 Å². The predicted octanol–water partition coefficient (Wildman–Crippen LogP) is 1.05. The predicted molar refractivity (Wildman–Crippen MR) is 76.4 cm³/mol. The SMILES string of the molecule is O=S(=O)(c1c(F)cc(F)cc1C#CCO)N1CCSCC1. The molecule has 2 rings (SSSR count). The molecule has 0 atom stereocenters. The van der Waals surface area contributed by atoms with Crippen LogP contribution in [0.5, 0.6) is 0 Å². The summed E-state index contributed by atoms with van der Waals surface area (Å²) in [5, 5.41) is 8.68.